The standard InChI is InChI=1S/C46H58N13O8P/c1-6-58-35(23-29(4)53-58)43(62)51-45-49-33-25-31(41(47)60)27-37-39(33)56(45)15-9-10-16-57-40-34(50-46(57)52-44(63)36-24-30(5)54-59(36)7-2)26-32(28-38(40)66-20-12-19-65-37)42(61)48-13-11-14-55-17-21-68(64,22-18-55)67-8-3/h9-10,23-28H,6-8,11-22H2,1-5H3,(H2,47,60)(H,48,61)(H,49,51,62)(H,50,52,63)/b10-9+. The molecule has 8 rings (SSSR count). The molecule has 2 aromatic carbocycles. The summed E-state index contributed by atoms with van der Waals surface area (Å²) in [6.07, 6.45) is 5.87. The summed E-state index contributed by atoms with van der Waals surface area (Å²) in [6, 6.07) is 9.88. The van der Waals surface area contributed by atoms with Gasteiger partial charge in [-0.2, -0.15) is 10.2 Å². The number of benzene rings is 2. The predicted octanol–water partition coefficient (Wildman–Crippen LogP) is 5.21. The third kappa shape index (κ3) is 10.3. The third-order valence-corrected chi connectivity index (χ3v) is 14.3. The Hall–Kier alpha value is -6.83. The van der Waals surface area contributed by atoms with Gasteiger partial charge in [0.2, 0.25) is 25.2 Å². The number of hydrogen-bond acceptors (Lipinski definition) is 13. The first-order chi connectivity index (χ1) is 32.8. The molecule has 68 heavy (non-hydrogen) atoms. The molecule has 0 saturated carbocycles. The van der Waals surface area contributed by atoms with Crippen molar-refractivity contribution in [2.45, 2.75) is 73.6 Å². The number of carbonyl (C=O) groups excluding carboxylic acids is 4. The summed E-state index contributed by atoms with van der Waals surface area (Å²) in [7, 11) is -2.56. The summed E-state index contributed by atoms with van der Waals surface area (Å²) in [5.74, 6) is -0.724. The molecule has 1 saturated heterocycles. The highest BCUT2D eigenvalue weighted by molar-refractivity contribution is 7.59. The van der Waals surface area contributed by atoms with Crippen LogP contribution in [0.15, 0.2) is 48.6 Å². The van der Waals surface area contributed by atoms with Gasteiger partial charge in [0.15, 0.2) is 0 Å². The number of allylic oxidation sites excluding steroid dienone is 2. The number of hydrogen-bond donors (Lipinski definition) is 4. The largest absolute Gasteiger partial charge is 0.491 e. The molecule has 2 aliphatic heterocycles. The van der Waals surface area contributed by atoms with Crippen molar-refractivity contribution in [2.24, 2.45) is 5.73 Å². The Balaban J connectivity index is 1.11. The average Bonchev–Trinajstić information content (AvgIpc) is 4.08. The number of aromatic nitrogens is 8. The van der Waals surface area contributed by atoms with Crippen molar-refractivity contribution in [3.8, 4) is 11.5 Å². The molecule has 0 atom stereocenters. The first-order valence-corrected chi connectivity index (χ1v) is 25.0. The summed E-state index contributed by atoms with van der Waals surface area (Å²) < 4.78 is 38.0. The third-order valence-electron chi connectivity index (χ3n) is 11.8. The Kier molecular flexibility index (Phi) is 14.4. The molecular weight excluding hydrogens is 894 g/mol. The fraction of sp³-hybridized carbons (Fsp3) is 0.435. The van der Waals surface area contributed by atoms with Crippen molar-refractivity contribution >= 4 is 65.0 Å². The summed E-state index contributed by atoms with van der Waals surface area (Å²) in [4.78, 5) is 65.9. The zero-order valence-electron chi connectivity index (χ0n) is 39.0. The van der Waals surface area contributed by atoms with Crippen LogP contribution in [0.1, 0.15) is 86.7 Å². The van der Waals surface area contributed by atoms with Gasteiger partial charge in [-0.05, 0) is 84.0 Å². The summed E-state index contributed by atoms with van der Waals surface area (Å²) in [5, 5.41) is 17.9. The van der Waals surface area contributed by atoms with Crippen LogP contribution < -0.4 is 31.2 Å². The van der Waals surface area contributed by atoms with E-state index < -0.39 is 25.1 Å². The van der Waals surface area contributed by atoms with E-state index in [0.717, 1.165) is 6.54 Å². The Morgan fingerprint density at radius 2 is 1.25 bits per heavy atom. The smallest absolute Gasteiger partial charge is 0.276 e. The lowest BCUT2D eigenvalue weighted by Crippen LogP contribution is -2.37. The van der Waals surface area contributed by atoms with Gasteiger partial charge in [-0.25, -0.2) is 9.97 Å². The molecule has 0 aliphatic carbocycles. The highest BCUT2D eigenvalue weighted by atomic mass is 31.2. The molecule has 1 fully saturated rings. The van der Waals surface area contributed by atoms with E-state index in [0.29, 0.717) is 126 Å². The maximum absolute atomic E-state index is 13.9. The van der Waals surface area contributed by atoms with Crippen molar-refractivity contribution in [1.82, 2.24) is 48.9 Å². The first-order valence-electron chi connectivity index (χ1n) is 23.0. The second-order valence-electron chi connectivity index (χ2n) is 16.7. The van der Waals surface area contributed by atoms with Crippen LogP contribution in [0.5, 0.6) is 11.5 Å². The van der Waals surface area contributed by atoms with E-state index in [1.807, 2.05) is 51.3 Å². The normalized spacial score (nSPS) is 15.8. The second-order valence-corrected chi connectivity index (χ2v) is 19.5. The number of aryl methyl sites for hydroxylation is 4. The molecule has 21 nitrogen and oxygen atoms in total. The molecule has 0 unspecified atom stereocenters. The molecule has 360 valence electrons. The maximum Gasteiger partial charge on any atom is 0.276 e. The van der Waals surface area contributed by atoms with E-state index in [1.54, 1.807) is 50.3 Å². The van der Waals surface area contributed by atoms with E-state index in [-0.39, 0.29) is 49.7 Å². The van der Waals surface area contributed by atoms with Crippen LogP contribution in [0.25, 0.3) is 22.1 Å². The summed E-state index contributed by atoms with van der Waals surface area (Å²) in [5.41, 5.74) is 10.2. The minimum absolute atomic E-state index is 0.142. The molecule has 4 aromatic heterocycles. The molecule has 0 bridgehead atoms. The van der Waals surface area contributed by atoms with Crippen molar-refractivity contribution in [3.05, 3.63) is 82.5 Å². The molecule has 22 heteroatoms. The van der Waals surface area contributed by atoms with E-state index in [1.165, 1.54) is 0 Å². The van der Waals surface area contributed by atoms with Gasteiger partial charge in [0, 0.05) is 75.7 Å². The minimum atomic E-state index is -2.56. The number of primary amides is 1. The zero-order chi connectivity index (χ0) is 48.1. The van der Waals surface area contributed by atoms with Crippen molar-refractivity contribution < 1.29 is 37.7 Å². The second kappa shape index (κ2) is 20.6. The number of nitrogens with one attached hydrogen (secondary N) is 3. The number of amides is 4. The summed E-state index contributed by atoms with van der Waals surface area (Å²) >= 11 is 0. The van der Waals surface area contributed by atoms with Crippen molar-refractivity contribution in [3.63, 3.8) is 0 Å². The fourth-order valence-corrected chi connectivity index (χ4v) is 10.7. The van der Waals surface area contributed by atoms with Gasteiger partial charge in [-0.1, -0.05) is 12.2 Å². The molecule has 4 amide bonds. The molecule has 2 aliphatic rings. The van der Waals surface area contributed by atoms with Crippen LogP contribution in [0.2, 0.25) is 0 Å². The van der Waals surface area contributed by atoms with Crippen LogP contribution >= 0.6 is 7.37 Å². The number of anilines is 2. The minimum Gasteiger partial charge on any atom is -0.491 e. The quantitative estimate of drug-likeness (QED) is 0.0623. The summed E-state index contributed by atoms with van der Waals surface area (Å²) in [6.45, 7) is 13.9. The van der Waals surface area contributed by atoms with Crippen LogP contribution in [-0.2, 0) is 35.3 Å². The van der Waals surface area contributed by atoms with Crippen molar-refractivity contribution in [1.29, 1.82) is 0 Å². The maximum atomic E-state index is 13.9. The molecule has 5 N–H and O–H groups in total. The Labute approximate surface area is 392 Å². The average molecular weight is 952 g/mol. The molecule has 0 spiro atoms. The molecule has 6 aromatic rings. The van der Waals surface area contributed by atoms with Crippen molar-refractivity contribution in [2.75, 3.05) is 69.0 Å². The van der Waals surface area contributed by atoms with Gasteiger partial charge in [0.25, 0.3) is 17.7 Å². The van der Waals surface area contributed by atoms with Crippen LogP contribution in [0.3, 0.4) is 0 Å². The number of imidazole rings is 2. The lowest BCUT2D eigenvalue weighted by molar-refractivity contribution is 0.0948. The van der Waals surface area contributed by atoms with Crippen LogP contribution in [0.4, 0.5) is 11.9 Å². The van der Waals surface area contributed by atoms with E-state index in [4.69, 9.17) is 29.7 Å². The van der Waals surface area contributed by atoms with E-state index in [2.05, 4.69) is 31.0 Å². The number of rotatable bonds is 14. The lowest BCUT2D eigenvalue weighted by atomic mass is 10.1. The SMILES string of the molecule is CCOP1(=O)CCN(CCCNC(=O)c2cc3c4c(c2)nc(NC(=O)c2cc(C)nn2CC)n4C/C=C/Cn2c(NC(=O)c4cc(C)nn4CC)nc4cc(C(N)=O)cc(c42)OCCCO3)CC1. The monoisotopic (exact) mass is 951 g/mol. The Morgan fingerprint density at radius 3 is 1.75 bits per heavy atom. The van der Waals surface area contributed by atoms with Gasteiger partial charge in [0.05, 0.1) is 42.2 Å². The Bertz CT molecular complexity index is 2950. The number of nitrogens with zero attached hydrogens (tertiary/aromatic N) is 9. The van der Waals surface area contributed by atoms with Gasteiger partial charge in [-0.3, -0.25) is 43.7 Å². The molecule has 6 heterocycles. The van der Waals surface area contributed by atoms with Gasteiger partial charge in [-0.15, -0.1) is 0 Å². The number of ether oxygens (including phenoxy) is 2. The van der Waals surface area contributed by atoms with E-state index in [9.17, 15) is 23.7 Å². The Morgan fingerprint density at radius 1 is 0.735 bits per heavy atom. The predicted molar refractivity (Wildman–Crippen MR) is 256 cm³/mol. The highest BCUT2D eigenvalue weighted by Crippen LogP contribution is 2.48. The van der Waals surface area contributed by atoms with Crippen LogP contribution in [-0.4, -0.2) is 126 Å². The van der Waals surface area contributed by atoms with E-state index >= 15 is 0 Å². The zero-order valence-corrected chi connectivity index (χ0v) is 39.9. The first kappa shape index (κ1) is 47.7. The van der Waals surface area contributed by atoms with Crippen LogP contribution in [0, 0.1) is 13.8 Å². The fourth-order valence-electron chi connectivity index (χ4n) is 8.56. The topological polar surface area (TPSA) is 250 Å². The number of carbonyl (C=O) groups is 4. The highest BCUT2D eigenvalue weighted by Gasteiger charge is 2.29. The van der Waals surface area contributed by atoms with Gasteiger partial charge in [0.1, 0.15) is 33.9 Å². The molecular formula is C46H58N13O8P. The lowest BCUT2D eigenvalue weighted by Gasteiger charge is -2.31. The number of nitrogens with two attached hydrogens (primary N) is 1. The van der Waals surface area contributed by atoms with Gasteiger partial charge >= 0.3 is 0 Å². The molecule has 0 radical (unpaired) electrons. The van der Waals surface area contributed by atoms with Gasteiger partial charge < -0.3 is 39.1 Å².